The predicted molar refractivity (Wildman–Crippen MR) is 68.5 cm³/mol. The van der Waals surface area contributed by atoms with Crippen LogP contribution in [0.4, 0.5) is 4.79 Å². The van der Waals surface area contributed by atoms with Crippen LogP contribution in [0.1, 0.15) is 37.7 Å². The molecule has 1 aromatic rings. The fourth-order valence-electron chi connectivity index (χ4n) is 1.44. The van der Waals surface area contributed by atoms with Crippen LogP contribution in [0.5, 0.6) is 0 Å². The minimum Gasteiger partial charge on any atom is -0.480 e. The quantitative estimate of drug-likeness (QED) is 0.735. The first-order chi connectivity index (χ1) is 8.58. The summed E-state index contributed by atoms with van der Waals surface area (Å²) in [5.41, 5.74) is 0. The van der Waals surface area contributed by atoms with E-state index in [0.29, 0.717) is 12.8 Å². The van der Waals surface area contributed by atoms with Gasteiger partial charge >= 0.3 is 12.0 Å². The maximum Gasteiger partial charge on any atom is 0.326 e. The normalized spacial score (nSPS) is 13.7. The fourth-order valence-corrected chi connectivity index (χ4v) is 2.21. The van der Waals surface area contributed by atoms with Gasteiger partial charge in [-0.1, -0.05) is 13.8 Å². The number of amides is 2. The Morgan fingerprint density at radius 2 is 2.11 bits per heavy atom. The van der Waals surface area contributed by atoms with Gasteiger partial charge in [0.2, 0.25) is 0 Å². The zero-order valence-electron chi connectivity index (χ0n) is 10.3. The molecule has 0 aliphatic carbocycles. The number of urea groups is 1. The van der Waals surface area contributed by atoms with Crippen molar-refractivity contribution in [2.75, 3.05) is 0 Å². The Hall–Kier alpha value is -1.63. The average molecular weight is 271 g/mol. The third-order valence-corrected chi connectivity index (χ3v) is 3.36. The summed E-state index contributed by atoms with van der Waals surface area (Å²) in [6, 6.07) is -1.53. The van der Waals surface area contributed by atoms with Gasteiger partial charge in [0.15, 0.2) is 0 Å². The van der Waals surface area contributed by atoms with E-state index in [1.807, 2.05) is 12.3 Å². The van der Waals surface area contributed by atoms with E-state index >= 15 is 0 Å². The van der Waals surface area contributed by atoms with Crippen LogP contribution in [0.15, 0.2) is 11.6 Å². The topological polar surface area (TPSA) is 91.3 Å². The van der Waals surface area contributed by atoms with Crippen molar-refractivity contribution < 1.29 is 14.7 Å². The SMILES string of the molecule is CCC(NC(=O)NC(CC)c1nccs1)C(=O)O. The monoisotopic (exact) mass is 271 g/mol. The summed E-state index contributed by atoms with van der Waals surface area (Å²) >= 11 is 1.46. The van der Waals surface area contributed by atoms with Gasteiger partial charge in [0, 0.05) is 11.6 Å². The largest absolute Gasteiger partial charge is 0.480 e. The molecule has 3 N–H and O–H groups in total. The molecule has 1 heterocycles. The van der Waals surface area contributed by atoms with Crippen molar-refractivity contribution in [1.82, 2.24) is 15.6 Å². The van der Waals surface area contributed by atoms with Crippen molar-refractivity contribution in [3.63, 3.8) is 0 Å². The van der Waals surface area contributed by atoms with Gasteiger partial charge in [0.05, 0.1) is 6.04 Å². The van der Waals surface area contributed by atoms with Crippen LogP contribution in [-0.2, 0) is 4.79 Å². The average Bonchev–Trinajstić information content (AvgIpc) is 2.86. The number of aliphatic carboxylic acids is 1. The molecule has 0 saturated heterocycles. The molecule has 6 nitrogen and oxygen atoms in total. The Morgan fingerprint density at radius 1 is 1.39 bits per heavy atom. The van der Waals surface area contributed by atoms with Crippen LogP contribution in [-0.4, -0.2) is 28.1 Å². The van der Waals surface area contributed by atoms with Crippen molar-refractivity contribution >= 4 is 23.3 Å². The third-order valence-electron chi connectivity index (χ3n) is 2.47. The molecule has 0 aromatic carbocycles. The molecular weight excluding hydrogens is 254 g/mol. The first-order valence-corrected chi connectivity index (χ1v) is 6.65. The number of rotatable bonds is 6. The second-order valence-electron chi connectivity index (χ2n) is 3.75. The van der Waals surface area contributed by atoms with Crippen molar-refractivity contribution in [1.29, 1.82) is 0 Å². The number of thiazole rings is 1. The lowest BCUT2D eigenvalue weighted by Crippen LogP contribution is -2.46. The van der Waals surface area contributed by atoms with Gasteiger partial charge < -0.3 is 15.7 Å². The van der Waals surface area contributed by atoms with Crippen LogP contribution in [0.25, 0.3) is 0 Å². The summed E-state index contributed by atoms with van der Waals surface area (Å²) in [4.78, 5) is 26.6. The number of carboxylic acids is 1. The lowest BCUT2D eigenvalue weighted by Gasteiger charge is -2.17. The minimum atomic E-state index is -1.03. The molecule has 0 aliphatic rings. The van der Waals surface area contributed by atoms with E-state index in [2.05, 4.69) is 15.6 Å². The number of hydrogen-bond acceptors (Lipinski definition) is 4. The van der Waals surface area contributed by atoms with Gasteiger partial charge in [-0.2, -0.15) is 0 Å². The Balaban J connectivity index is 2.55. The van der Waals surface area contributed by atoms with Crippen molar-refractivity contribution in [2.45, 2.75) is 38.8 Å². The van der Waals surface area contributed by atoms with Gasteiger partial charge in [-0.15, -0.1) is 11.3 Å². The molecule has 0 radical (unpaired) electrons. The predicted octanol–water partition coefficient (Wildman–Crippen LogP) is 1.76. The zero-order valence-corrected chi connectivity index (χ0v) is 11.2. The van der Waals surface area contributed by atoms with E-state index in [1.165, 1.54) is 11.3 Å². The molecule has 2 unspecified atom stereocenters. The molecule has 0 aliphatic heterocycles. The summed E-state index contributed by atoms with van der Waals surface area (Å²) in [6.07, 6.45) is 2.72. The number of nitrogens with zero attached hydrogens (tertiary/aromatic N) is 1. The second-order valence-corrected chi connectivity index (χ2v) is 4.67. The Bertz CT molecular complexity index is 394. The minimum absolute atomic E-state index is 0.184. The van der Waals surface area contributed by atoms with Crippen molar-refractivity contribution in [3.05, 3.63) is 16.6 Å². The van der Waals surface area contributed by atoms with E-state index in [0.717, 1.165) is 5.01 Å². The van der Waals surface area contributed by atoms with Crippen LogP contribution >= 0.6 is 11.3 Å². The Kier molecular flexibility index (Phi) is 5.57. The molecule has 18 heavy (non-hydrogen) atoms. The van der Waals surface area contributed by atoms with Crippen LogP contribution in [0.2, 0.25) is 0 Å². The summed E-state index contributed by atoms with van der Waals surface area (Å²) in [7, 11) is 0. The molecule has 0 bridgehead atoms. The van der Waals surface area contributed by atoms with E-state index < -0.39 is 18.0 Å². The highest BCUT2D eigenvalue weighted by Gasteiger charge is 2.20. The maximum absolute atomic E-state index is 11.7. The molecule has 0 saturated carbocycles. The first kappa shape index (κ1) is 14.4. The summed E-state index contributed by atoms with van der Waals surface area (Å²) < 4.78 is 0. The van der Waals surface area contributed by atoms with E-state index in [-0.39, 0.29) is 6.04 Å². The lowest BCUT2D eigenvalue weighted by molar-refractivity contribution is -0.139. The van der Waals surface area contributed by atoms with Crippen LogP contribution in [0.3, 0.4) is 0 Å². The molecule has 1 rings (SSSR count). The number of carbonyl (C=O) groups is 2. The van der Waals surface area contributed by atoms with Crippen LogP contribution < -0.4 is 10.6 Å². The highest BCUT2D eigenvalue weighted by Crippen LogP contribution is 2.18. The fraction of sp³-hybridized carbons (Fsp3) is 0.545. The number of aromatic nitrogens is 1. The third kappa shape index (κ3) is 3.99. The summed E-state index contributed by atoms with van der Waals surface area (Å²) in [6.45, 7) is 3.64. The smallest absolute Gasteiger partial charge is 0.326 e. The molecule has 0 spiro atoms. The van der Waals surface area contributed by atoms with Crippen molar-refractivity contribution in [2.24, 2.45) is 0 Å². The molecule has 100 valence electrons. The molecule has 0 fully saturated rings. The molecule has 2 atom stereocenters. The summed E-state index contributed by atoms with van der Waals surface area (Å²) in [5, 5.41) is 16.6. The van der Waals surface area contributed by atoms with Gasteiger partial charge in [0.25, 0.3) is 0 Å². The van der Waals surface area contributed by atoms with Crippen molar-refractivity contribution in [3.8, 4) is 0 Å². The van der Waals surface area contributed by atoms with E-state index in [1.54, 1.807) is 13.1 Å². The van der Waals surface area contributed by atoms with E-state index in [4.69, 9.17) is 5.11 Å². The first-order valence-electron chi connectivity index (χ1n) is 5.77. The van der Waals surface area contributed by atoms with E-state index in [9.17, 15) is 9.59 Å². The second kappa shape index (κ2) is 6.95. The molecule has 7 heteroatoms. The Labute approximate surface area is 109 Å². The lowest BCUT2D eigenvalue weighted by atomic mass is 10.2. The molecular formula is C11H17N3O3S. The Morgan fingerprint density at radius 3 is 2.56 bits per heavy atom. The van der Waals surface area contributed by atoms with Gasteiger partial charge in [-0.25, -0.2) is 14.6 Å². The highest BCUT2D eigenvalue weighted by molar-refractivity contribution is 7.09. The zero-order chi connectivity index (χ0) is 13.5. The number of hydrogen-bond donors (Lipinski definition) is 3. The number of nitrogens with one attached hydrogen (secondary N) is 2. The van der Waals surface area contributed by atoms with Gasteiger partial charge in [0.1, 0.15) is 11.0 Å². The number of carboxylic acid groups (broad SMARTS) is 1. The van der Waals surface area contributed by atoms with Crippen LogP contribution in [0, 0.1) is 0 Å². The maximum atomic E-state index is 11.7. The number of carbonyl (C=O) groups excluding carboxylic acids is 1. The van der Waals surface area contributed by atoms with Gasteiger partial charge in [-0.05, 0) is 12.8 Å². The van der Waals surface area contributed by atoms with Gasteiger partial charge in [-0.3, -0.25) is 0 Å². The standard InChI is InChI=1S/C11H17N3O3S/c1-3-7(9-12-5-6-18-9)13-11(17)14-8(4-2)10(15)16/h5-8H,3-4H2,1-2H3,(H,15,16)(H2,13,14,17). The summed E-state index contributed by atoms with van der Waals surface area (Å²) in [5.74, 6) is -1.03. The highest BCUT2D eigenvalue weighted by atomic mass is 32.1. The molecule has 2 amide bonds. The molecule has 1 aromatic heterocycles.